The van der Waals surface area contributed by atoms with Gasteiger partial charge in [-0.15, -0.1) is 0 Å². The molecule has 3 aromatic rings. The Labute approximate surface area is 280 Å². The molecular formula is C40H40N4O4. The highest BCUT2D eigenvalue weighted by Crippen LogP contribution is 2.55. The van der Waals surface area contributed by atoms with Crippen LogP contribution in [0.5, 0.6) is 0 Å². The molecule has 244 valence electrons. The van der Waals surface area contributed by atoms with E-state index in [4.69, 9.17) is 0 Å². The van der Waals surface area contributed by atoms with Crippen LogP contribution in [0.3, 0.4) is 0 Å². The molecule has 0 aromatic heterocycles. The summed E-state index contributed by atoms with van der Waals surface area (Å²) >= 11 is 0. The van der Waals surface area contributed by atoms with Crippen molar-refractivity contribution in [2.24, 2.45) is 0 Å². The second kappa shape index (κ2) is 10.3. The molecule has 10 rings (SSSR count). The van der Waals surface area contributed by atoms with Gasteiger partial charge in [0, 0.05) is 72.2 Å². The number of likely N-dealkylation sites (tertiary alicyclic amines) is 1. The molecule has 3 aromatic carbocycles. The lowest BCUT2D eigenvalue weighted by molar-refractivity contribution is -0.132. The summed E-state index contributed by atoms with van der Waals surface area (Å²) < 4.78 is 0. The van der Waals surface area contributed by atoms with Crippen molar-refractivity contribution < 1.29 is 19.2 Å². The Bertz CT molecular complexity index is 2080. The third-order valence-corrected chi connectivity index (χ3v) is 12.4. The third kappa shape index (κ3) is 3.61. The van der Waals surface area contributed by atoms with Crippen molar-refractivity contribution >= 4 is 62.6 Å². The largest absolute Gasteiger partial charge is 0.371 e. The smallest absolute Gasteiger partial charge is 0.261 e. The fraction of sp³-hybridized carbons (Fsp3) is 0.450. The fourth-order valence-electron chi connectivity index (χ4n) is 10.3. The molecular weight excluding hydrogens is 600 g/mol. The van der Waals surface area contributed by atoms with E-state index in [9.17, 15) is 19.2 Å². The van der Waals surface area contributed by atoms with E-state index < -0.39 is 11.8 Å². The quantitative estimate of drug-likeness (QED) is 0.238. The summed E-state index contributed by atoms with van der Waals surface area (Å²) in [7, 11) is 0. The van der Waals surface area contributed by atoms with Crippen LogP contribution in [0.25, 0.3) is 33.3 Å². The Morgan fingerprint density at radius 1 is 0.708 bits per heavy atom. The van der Waals surface area contributed by atoms with E-state index in [-0.39, 0.29) is 29.7 Å². The monoisotopic (exact) mass is 640 g/mol. The second-order valence-electron chi connectivity index (χ2n) is 14.8. The molecule has 7 aliphatic rings. The summed E-state index contributed by atoms with van der Waals surface area (Å²) in [5, 5.41) is 4.05. The molecule has 4 heterocycles. The van der Waals surface area contributed by atoms with Crippen LogP contribution in [0, 0.1) is 0 Å². The lowest BCUT2D eigenvalue weighted by Gasteiger charge is -2.42. The minimum atomic E-state index is -0.523. The predicted molar refractivity (Wildman–Crippen MR) is 186 cm³/mol. The van der Waals surface area contributed by atoms with Gasteiger partial charge >= 0.3 is 0 Å². The maximum Gasteiger partial charge on any atom is 0.261 e. The van der Waals surface area contributed by atoms with Crippen LogP contribution in [0.2, 0.25) is 0 Å². The summed E-state index contributed by atoms with van der Waals surface area (Å²) in [5.74, 6) is -1.67. The number of hydrogen-bond acceptors (Lipinski definition) is 6. The highest BCUT2D eigenvalue weighted by molar-refractivity contribution is 6.29. The molecule has 0 bridgehead atoms. The Kier molecular flexibility index (Phi) is 6.11. The maximum atomic E-state index is 14.6. The summed E-state index contributed by atoms with van der Waals surface area (Å²) in [6, 6.07) is 6.08. The molecule has 2 unspecified atom stereocenters. The lowest BCUT2D eigenvalue weighted by Crippen LogP contribution is -2.51. The van der Waals surface area contributed by atoms with Crippen molar-refractivity contribution in [3.8, 4) is 0 Å². The average Bonchev–Trinajstić information content (AvgIpc) is 3.85. The van der Waals surface area contributed by atoms with Gasteiger partial charge in [0.05, 0.1) is 11.8 Å². The fourth-order valence-corrected chi connectivity index (χ4v) is 10.3. The number of carbonyl (C=O) groups excluding carboxylic acids is 4. The molecule has 8 nitrogen and oxygen atoms in total. The lowest BCUT2D eigenvalue weighted by atomic mass is 9.71. The minimum absolute atomic E-state index is 0.0451. The van der Waals surface area contributed by atoms with Gasteiger partial charge in [-0.05, 0) is 96.5 Å². The normalized spacial score (nSPS) is 25.0. The maximum absolute atomic E-state index is 14.6. The number of imide groups is 2. The van der Waals surface area contributed by atoms with Crippen molar-refractivity contribution in [2.45, 2.75) is 82.6 Å². The molecule has 4 amide bonds. The summed E-state index contributed by atoms with van der Waals surface area (Å²) in [6.45, 7) is 5.82. The number of likely N-dealkylation sites (N-methyl/N-ethyl adjacent to an activating group) is 1. The molecule has 0 N–H and O–H groups in total. The number of amides is 4. The van der Waals surface area contributed by atoms with Crippen molar-refractivity contribution in [2.75, 3.05) is 37.6 Å². The van der Waals surface area contributed by atoms with Crippen LogP contribution in [0.4, 0.5) is 5.69 Å². The van der Waals surface area contributed by atoms with Crippen LogP contribution in [0.1, 0.15) is 120 Å². The topological polar surface area (TPSA) is 81.2 Å². The molecule has 1 saturated carbocycles. The van der Waals surface area contributed by atoms with E-state index in [0.29, 0.717) is 17.7 Å². The van der Waals surface area contributed by atoms with Crippen LogP contribution in [-0.4, -0.2) is 77.1 Å². The van der Waals surface area contributed by atoms with Gasteiger partial charge in [0.15, 0.2) is 0 Å². The molecule has 0 radical (unpaired) electrons. The number of anilines is 1. The third-order valence-electron chi connectivity index (χ3n) is 12.4. The molecule has 8 heteroatoms. The Morgan fingerprint density at radius 3 is 2.15 bits per heavy atom. The van der Waals surface area contributed by atoms with E-state index in [1.165, 1.54) is 4.90 Å². The summed E-state index contributed by atoms with van der Waals surface area (Å²) in [4.78, 5) is 64.7. The van der Waals surface area contributed by atoms with Gasteiger partial charge in [0.25, 0.3) is 11.8 Å². The van der Waals surface area contributed by atoms with Crippen LogP contribution in [0.15, 0.2) is 30.4 Å². The van der Waals surface area contributed by atoms with Crippen molar-refractivity contribution in [1.82, 2.24) is 14.7 Å². The first-order chi connectivity index (χ1) is 23.5. The molecule has 2 atom stereocenters. The SMILES string of the molecule is CCN1C(=O)c2cc(N3CCCC3)c3c4c(c5c6c7c(ccc63)C(=O)N(C3CCCCC3)C(=O)C7C=C5N3CCCC3)C=CC(C1=O)c24. The molecule has 0 spiro atoms. The number of benzene rings is 3. The number of hydrogen-bond donors (Lipinski definition) is 0. The first kappa shape index (κ1) is 28.5. The zero-order chi connectivity index (χ0) is 32.4. The molecule has 4 aliphatic heterocycles. The summed E-state index contributed by atoms with van der Waals surface area (Å²) in [5.41, 5.74) is 7.07. The van der Waals surface area contributed by atoms with Crippen molar-refractivity contribution in [3.63, 3.8) is 0 Å². The number of carbonyl (C=O) groups is 4. The van der Waals surface area contributed by atoms with E-state index in [2.05, 4.69) is 34.1 Å². The van der Waals surface area contributed by atoms with Gasteiger partial charge in [-0.25, -0.2) is 0 Å². The van der Waals surface area contributed by atoms with Crippen molar-refractivity contribution in [1.29, 1.82) is 0 Å². The first-order valence-electron chi connectivity index (χ1n) is 18.2. The van der Waals surface area contributed by atoms with E-state index >= 15 is 0 Å². The minimum Gasteiger partial charge on any atom is -0.371 e. The molecule has 3 aliphatic carbocycles. The van der Waals surface area contributed by atoms with Crippen LogP contribution in [-0.2, 0) is 9.59 Å². The van der Waals surface area contributed by atoms with Gasteiger partial charge in [-0.3, -0.25) is 29.0 Å². The molecule has 48 heavy (non-hydrogen) atoms. The Hall–Kier alpha value is -4.46. The van der Waals surface area contributed by atoms with E-state index in [1.54, 1.807) is 4.90 Å². The van der Waals surface area contributed by atoms with Crippen LogP contribution < -0.4 is 4.90 Å². The molecule has 2 saturated heterocycles. The summed E-state index contributed by atoms with van der Waals surface area (Å²) in [6.07, 6.45) is 15.6. The van der Waals surface area contributed by atoms with Gasteiger partial charge in [0.2, 0.25) is 11.8 Å². The Balaban J connectivity index is 1.34. The van der Waals surface area contributed by atoms with Gasteiger partial charge in [0.1, 0.15) is 0 Å². The van der Waals surface area contributed by atoms with E-state index in [0.717, 1.165) is 139 Å². The number of rotatable bonds is 4. The van der Waals surface area contributed by atoms with Crippen LogP contribution >= 0.6 is 0 Å². The van der Waals surface area contributed by atoms with Gasteiger partial charge in [-0.1, -0.05) is 37.5 Å². The van der Waals surface area contributed by atoms with Gasteiger partial charge in [-0.2, -0.15) is 0 Å². The standard InChI is InChI=1S/C40H40N4O4/c1-2-43-37(45)25-14-12-23-34-30(42-18-8-9-19-42)21-28-32-26(39(47)44(40(28)48)22-10-4-3-5-11-22)15-13-24(36(32)34)33-29(41-16-6-7-17-41)20-27(38(43)46)31(25)35(23)33/h12-15,20-22,25,28H,2-11,16-19H2,1H3. The highest BCUT2D eigenvalue weighted by Gasteiger charge is 2.47. The van der Waals surface area contributed by atoms with E-state index in [1.807, 2.05) is 19.1 Å². The predicted octanol–water partition coefficient (Wildman–Crippen LogP) is 6.55. The van der Waals surface area contributed by atoms with Gasteiger partial charge < -0.3 is 9.80 Å². The first-order valence-corrected chi connectivity index (χ1v) is 18.2. The second-order valence-corrected chi connectivity index (χ2v) is 14.8. The van der Waals surface area contributed by atoms with Crippen molar-refractivity contribution in [3.05, 3.63) is 63.7 Å². The number of nitrogens with zero attached hydrogens (tertiary/aromatic N) is 4. The Morgan fingerprint density at radius 2 is 1.42 bits per heavy atom. The zero-order valence-electron chi connectivity index (χ0n) is 27.5. The highest BCUT2D eigenvalue weighted by atomic mass is 16.2. The molecule has 3 fully saturated rings. The average molecular weight is 641 g/mol. The number of fused-ring (bicyclic) bond motifs is 2. The zero-order valence-corrected chi connectivity index (χ0v) is 27.5.